The van der Waals surface area contributed by atoms with Gasteiger partial charge >= 0.3 is 0 Å². The lowest BCUT2D eigenvalue weighted by Crippen LogP contribution is -2.30. The molecule has 1 aromatic carbocycles. The Bertz CT molecular complexity index is 439. The van der Waals surface area contributed by atoms with Crippen LogP contribution in [0.1, 0.15) is 33.6 Å². The van der Waals surface area contributed by atoms with Gasteiger partial charge in [-0.2, -0.15) is 8.78 Å². The Morgan fingerprint density at radius 1 is 1.00 bits per heavy atom. The molecule has 1 atom stereocenters. The van der Waals surface area contributed by atoms with E-state index in [-0.39, 0.29) is 18.7 Å². The Kier molecular flexibility index (Phi) is 6.95. The summed E-state index contributed by atoms with van der Waals surface area (Å²) >= 11 is 0. The van der Waals surface area contributed by atoms with E-state index >= 15 is 0 Å². The molecule has 120 valence electrons. The van der Waals surface area contributed by atoms with Crippen LogP contribution in [0.25, 0.3) is 0 Å². The Labute approximate surface area is 122 Å². The molecule has 0 aromatic heterocycles. The lowest BCUT2D eigenvalue weighted by Gasteiger charge is -2.15. The third-order valence-corrected chi connectivity index (χ3v) is 3.09. The summed E-state index contributed by atoms with van der Waals surface area (Å²) in [5, 5.41) is 3.12. The van der Waals surface area contributed by atoms with Gasteiger partial charge in [0.15, 0.2) is 17.4 Å². The van der Waals surface area contributed by atoms with E-state index in [1.54, 1.807) is 0 Å². The van der Waals surface area contributed by atoms with Crippen molar-refractivity contribution < 1.29 is 22.3 Å². The zero-order chi connectivity index (χ0) is 16.0. The lowest BCUT2D eigenvalue weighted by molar-refractivity contribution is 0.264. The third-order valence-electron chi connectivity index (χ3n) is 3.09. The molecule has 0 heterocycles. The molecule has 0 amide bonds. The molecule has 0 aliphatic carbocycles. The lowest BCUT2D eigenvalue weighted by atomic mass is 10.0. The Morgan fingerprint density at radius 3 is 2.10 bits per heavy atom. The van der Waals surface area contributed by atoms with Crippen LogP contribution in [-0.4, -0.2) is 19.2 Å². The molecular weight excluding hydrogens is 286 g/mol. The molecule has 21 heavy (non-hydrogen) atoms. The van der Waals surface area contributed by atoms with E-state index in [9.17, 15) is 17.6 Å². The van der Waals surface area contributed by atoms with Gasteiger partial charge < -0.3 is 10.1 Å². The van der Waals surface area contributed by atoms with Gasteiger partial charge in [0, 0.05) is 18.7 Å². The third kappa shape index (κ3) is 5.53. The van der Waals surface area contributed by atoms with Crippen molar-refractivity contribution >= 4 is 0 Å². The maximum atomic E-state index is 13.3. The second kappa shape index (κ2) is 8.22. The van der Waals surface area contributed by atoms with E-state index in [0.29, 0.717) is 12.5 Å². The minimum Gasteiger partial charge on any atom is -0.486 e. The van der Waals surface area contributed by atoms with Crippen LogP contribution in [0, 0.1) is 29.2 Å². The molecule has 2 nitrogen and oxygen atoms in total. The summed E-state index contributed by atoms with van der Waals surface area (Å²) in [7, 11) is 0. The van der Waals surface area contributed by atoms with Gasteiger partial charge in [-0.15, -0.1) is 0 Å². The average Bonchev–Trinajstić information content (AvgIpc) is 2.42. The summed E-state index contributed by atoms with van der Waals surface area (Å²) in [5.74, 6) is -6.37. The highest BCUT2D eigenvalue weighted by Gasteiger charge is 2.20. The van der Waals surface area contributed by atoms with Crippen molar-refractivity contribution in [3.05, 3.63) is 29.3 Å². The van der Waals surface area contributed by atoms with E-state index in [4.69, 9.17) is 4.74 Å². The van der Waals surface area contributed by atoms with Gasteiger partial charge in [0.2, 0.25) is 11.6 Å². The maximum Gasteiger partial charge on any atom is 0.203 e. The minimum atomic E-state index is -1.51. The first-order valence-electron chi connectivity index (χ1n) is 7.02. The quantitative estimate of drug-likeness (QED) is 0.445. The summed E-state index contributed by atoms with van der Waals surface area (Å²) in [6, 6.07) is 0.388. The fourth-order valence-corrected chi connectivity index (χ4v) is 1.82. The second-order valence-electron chi connectivity index (χ2n) is 5.47. The highest BCUT2D eigenvalue weighted by molar-refractivity contribution is 5.28. The SMILES string of the molecule is CC(C)CCC(C)NCCOc1c(F)c(F)cc(F)c1F. The number of benzene rings is 1. The van der Waals surface area contributed by atoms with Crippen molar-refractivity contribution in [3.8, 4) is 5.75 Å². The molecule has 0 fully saturated rings. The monoisotopic (exact) mass is 307 g/mol. The van der Waals surface area contributed by atoms with E-state index in [1.807, 2.05) is 6.92 Å². The highest BCUT2D eigenvalue weighted by Crippen LogP contribution is 2.26. The average molecular weight is 307 g/mol. The van der Waals surface area contributed by atoms with Gasteiger partial charge in [0.25, 0.3) is 0 Å². The van der Waals surface area contributed by atoms with E-state index in [1.165, 1.54) is 0 Å². The van der Waals surface area contributed by atoms with Crippen molar-refractivity contribution in [2.24, 2.45) is 5.92 Å². The predicted molar refractivity (Wildman–Crippen MR) is 73.3 cm³/mol. The molecule has 0 bridgehead atoms. The second-order valence-corrected chi connectivity index (χ2v) is 5.47. The van der Waals surface area contributed by atoms with Crippen LogP contribution >= 0.6 is 0 Å². The topological polar surface area (TPSA) is 21.3 Å². The predicted octanol–water partition coefficient (Wildman–Crippen LogP) is 4.04. The number of nitrogens with one attached hydrogen (secondary N) is 1. The first-order chi connectivity index (χ1) is 9.82. The van der Waals surface area contributed by atoms with Crippen LogP contribution in [-0.2, 0) is 0 Å². The van der Waals surface area contributed by atoms with Crippen molar-refractivity contribution in [2.45, 2.75) is 39.7 Å². The van der Waals surface area contributed by atoms with Crippen molar-refractivity contribution in [1.29, 1.82) is 0 Å². The molecule has 0 spiro atoms. The summed E-state index contributed by atoms with van der Waals surface area (Å²) in [4.78, 5) is 0. The van der Waals surface area contributed by atoms with Gasteiger partial charge in [0.1, 0.15) is 6.61 Å². The molecule has 1 unspecified atom stereocenters. The normalized spacial score (nSPS) is 12.8. The summed E-state index contributed by atoms with van der Waals surface area (Å²) in [6.45, 7) is 6.49. The fourth-order valence-electron chi connectivity index (χ4n) is 1.82. The van der Waals surface area contributed by atoms with Gasteiger partial charge in [-0.25, -0.2) is 8.78 Å². The molecule has 0 saturated carbocycles. The molecule has 0 radical (unpaired) electrons. The molecular formula is C15H21F4NO. The number of hydrogen-bond acceptors (Lipinski definition) is 2. The Hall–Kier alpha value is -1.30. The first kappa shape index (κ1) is 17.8. The number of rotatable bonds is 8. The largest absolute Gasteiger partial charge is 0.486 e. The van der Waals surface area contributed by atoms with Crippen LogP contribution < -0.4 is 10.1 Å². The molecule has 1 aromatic rings. The molecule has 1 N–H and O–H groups in total. The van der Waals surface area contributed by atoms with Crippen LogP contribution in [0.5, 0.6) is 5.75 Å². The standard InChI is InChI=1S/C15H21F4NO/c1-9(2)4-5-10(3)20-6-7-21-15-13(18)11(16)8-12(17)14(15)19/h8-10,20H,4-7H2,1-3H3. The zero-order valence-electron chi connectivity index (χ0n) is 12.5. The molecule has 6 heteroatoms. The maximum absolute atomic E-state index is 13.3. The van der Waals surface area contributed by atoms with E-state index in [2.05, 4.69) is 19.2 Å². The molecule has 0 saturated heterocycles. The van der Waals surface area contributed by atoms with Crippen LogP contribution in [0.4, 0.5) is 17.6 Å². The highest BCUT2D eigenvalue weighted by atomic mass is 19.2. The summed E-state index contributed by atoms with van der Waals surface area (Å²) in [5.41, 5.74) is 0. The van der Waals surface area contributed by atoms with Crippen molar-refractivity contribution in [2.75, 3.05) is 13.2 Å². The Morgan fingerprint density at radius 2 is 1.57 bits per heavy atom. The smallest absolute Gasteiger partial charge is 0.203 e. The van der Waals surface area contributed by atoms with Crippen molar-refractivity contribution in [1.82, 2.24) is 5.32 Å². The summed E-state index contributed by atoms with van der Waals surface area (Å²) in [6.07, 6.45) is 2.03. The first-order valence-corrected chi connectivity index (χ1v) is 7.02. The van der Waals surface area contributed by atoms with Crippen LogP contribution in [0.3, 0.4) is 0 Å². The Balaban J connectivity index is 2.43. The molecule has 0 aliphatic rings. The molecule has 1 rings (SSSR count). The van der Waals surface area contributed by atoms with E-state index < -0.39 is 29.0 Å². The number of hydrogen-bond donors (Lipinski definition) is 1. The fraction of sp³-hybridized carbons (Fsp3) is 0.600. The van der Waals surface area contributed by atoms with Crippen LogP contribution in [0.15, 0.2) is 6.07 Å². The van der Waals surface area contributed by atoms with Gasteiger partial charge in [-0.3, -0.25) is 0 Å². The van der Waals surface area contributed by atoms with Crippen LogP contribution in [0.2, 0.25) is 0 Å². The van der Waals surface area contributed by atoms with Gasteiger partial charge in [-0.05, 0) is 25.7 Å². The zero-order valence-corrected chi connectivity index (χ0v) is 12.5. The molecule has 0 aliphatic heterocycles. The minimum absolute atomic E-state index is 0.0806. The number of ether oxygens (including phenoxy) is 1. The van der Waals surface area contributed by atoms with E-state index in [0.717, 1.165) is 12.8 Å². The van der Waals surface area contributed by atoms with Gasteiger partial charge in [0.05, 0.1) is 0 Å². The summed E-state index contributed by atoms with van der Waals surface area (Å²) < 4.78 is 57.3. The van der Waals surface area contributed by atoms with Gasteiger partial charge in [-0.1, -0.05) is 13.8 Å². The number of halogens is 4. The van der Waals surface area contributed by atoms with Crippen molar-refractivity contribution in [3.63, 3.8) is 0 Å².